The summed E-state index contributed by atoms with van der Waals surface area (Å²) in [6, 6.07) is 11.6. The van der Waals surface area contributed by atoms with Gasteiger partial charge in [-0.25, -0.2) is 4.39 Å². The van der Waals surface area contributed by atoms with Gasteiger partial charge in [-0.2, -0.15) is 0 Å². The Balaban J connectivity index is 2.31. The summed E-state index contributed by atoms with van der Waals surface area (Å²) in [5.74, 6) is -0.407. The highest BCUT2D eigenvalue weighted by atomic mass is 79.9. The minimum absolute atomic E-state index is 0.364. The highest BCUT2D eigenvalue weighted by Gasteiger charge is 2.26. The van der Waals surface area contributed by atoms with E-state index < -0.39 is 11.4 Å². The summed E-state index contributed by atoms with van der Waals surface area (Å²) in [6.45, 7) is 1.63. The minimum Gasteiger partial charge on any atom is -0.385 e. The average molecular weight is 344 g/mol. The molecular formula is C15H13BrClFO. The molecule has 2 aromatic rings. The van der Waals surface area contributed by atoms with Gasteiger partial charge in [-0.05, 0) is 42.8 Å². The number of hydrogen-bond donors (Lipinski definition) is 1. The van der Waals surface area contributed by atoms with E-state index in [-0.39, 0.29) is 0 Å². The van der Waals surface area contributed by atoms with Gasteiger partial charge >= 0.3 is 0 Å². The molecule has 0 aliphatic carbocycles. The van der Waals surface area contributed by atoms with Crippen molar-refractivity contribution in [3.8, 4) is 0 Å². The standard InChI is InChI=1S/C15H13BrClFO/c1-15(19,9-10-2-4-11(16)5-3-10)13-8-12(18)6-7-14(13)17/h2-8,19H,9H2,1H3. The second-order valence-electron chi connectivity index (χ2n) is 4.70. The van der Waals surface area contributed by atoms with Crippen molar-refractivity contribution < 1.29 is 9.50 Å². The summed E-state index contributed by atoms with van der Waals surface area (Å²) in [6.07, 6.45) is 0.365. The lowest BCUT2D eigenvalue weighted by Crippen LogP contribution is -2.25. The van der Waals surface area contributed by atoms with Crippen LogP contribution in [-0.2, 0) is 12.0 Å². The maximum atomic E-state index is 13.3. The van der Waals surface area contributed by atoms with Crippen molar-refractivity contribution in [2.75, 3.05) is 0 Å². The molecule has 0 saturated heterocycles. The molecule has 0 fully saturated rings. The molecule has 1 N–H and O–H groups in total. The molecule has 0 amide bonds. The summed E-state index contributed by atoms with van der Waals surface area (Å²) in [4.78, 5) is 0. The van der Waals surface area contributed by atoms with Crippen LogP contribution in [0.4, 0.5) is 4.39 Å². The number of halogens is 3. The fourth-order valence-electron chi connectivity index (χ4n) is 2.01. The largest absolute Gasteiger partial charge is 0.385 e. The molecule has 0 aromatic heterocycles. The molecule has 0 heterocycles. The Morgan fingerprint density at radius 1 is 1.21 bits per heavy atom. The Labute approximate surface area is 125 Å². The van der Waals surface area contributed by atoms with Gasteiger partial charge in [-0.15, -0.1) is 0 Å². The van der Waals surface area contributed by atoms with Gasteiger partial charge in [0.2, 0.25) is 0 Å². The fourth-order valence-corrected chi connectivity index (χ4v) is 2.59. The van der Waals surface area contributed by atoms with Crippen LogP contribution in [0.2, 0.25) is 5.02 Å². The summed E-state index contributed by atoms with van der Waals surface area (Å²) in [7, 11) is 0. The first-order chi connectivity index (χ1) is 8.88. The van der Waals surface area contributed by atoms with Gasteiger partial charge in [-0.1, -0.05) is 39.7 Å². The lowest BCUT2D eigenvalue weighted by Gasteiger charge is -2.25. The topological polar surface area (TPSA) is 20.2 Å². The SMILES string of the molecule is CC(O)(Cc1ccc(Br)cc1)c1cc(F)ccc1Cl. The normalized spacial score (nSPS) is 14.2. The maximum absolute atomic E-state index is 13.3. The van der Waals surface area contributed by atoms with Crippen LogP contribution in [0.25, 0.3) is 0 Å². The summed E-state index contributed by atoms with van der Waals surface area (Å²) in [5, 5.41) is 10.9. The molecule has 2 aromatic carbocycles. The van der Waals surface area contributed by atoms with E-state index in [0.717, 1.165) is 10.0 Å². The van der Waals surface area contributed by atoms with E-state index in [1.165, 1.54) is 18.2 Å². The van der Waals surface area contributed by atoms with Crippen molar-refractivity contribution in [1.29, 1.82) is 0 Å². The van der Waals surface area contributed by atoms with Gasteiger partial charge in [0.05, 0.1) is 5.60 Å². The molecule has 100 valence electrons. The highest BCUT2D eigenvalue weighted by molar-refractivity contribution is 9.10. The smallest absolute Gasteiger partial charge is 0.123 e. The molecule has 1 unspecified atom stereocenters. The predicted molar refractivity (Wildman–Crippen MR) is 78.8 cm³/mol. The van der Waals surface area contributed by atoms with Crippen molar-refractivity contribution >= 4 is 27.5 Å². The van der Waals surface area contributed by atoms with E-state index in [1.807, 2.05) is 24.3 Å². The molecule has 0 spiro atoms. The van der Waals surface area contributed by atoms with E-state index in [9.17, 15) is 9.50 Å². The van der Waals surface area contributed by atoms with Gasteiger partial charge in [0, 0.05) is 21.5 Å². The Hall–Kier alpha value is -0.900. The summed E-state index contributed by atoms with van der Waals surface area (Å²) < 4.78 is 14.3. The second-order valence-corrected chi connectivity index (χ2v) is 6.02. The second kappa shape index (κ2) is 5.61. The van der Waals surface area contributed by atoms with Gasteiger partial charge < -0.3 is 5.11 Å². The molecule has 0 saturated carbocycles. The van der Waals surface area contributed by atoms with E-state index in [1.54, 1.807) is 6.92 Å². The van der Waals surface area contributed by atoms with Crippen LogP contribution in [0, 0.1) is 5.82 Å². The van der Waals surface area contributed by atoms with E-state index in [0.29, 0.717) is 17.0 Å². The molecule has 0 aliphatic rings. The Morgan fingerprint density at radius 3 is 2.47 bits per heavy atom. The third-order valence-electron chi connectivity index (χ3n) is 2.97. The quantitative estimate of drug-likeness (QED) is 0.857. The first-order valence-corrected chi connectivity index (χ1v) is 6.98. The predicted octanol–water partition coefficient (Wildman–Crippen LogP) is 4.69. The van der Waals surface area contributed by atoms with Crippen LogP contribution in [0.5, 0.6) is 0 Å². The fraction of sp³-hybridized carbons (Fsp3) is 0.200. The zero-order valence-corrected chi connectivity index (χ0v) is 12.7. The van der Waals surface area contributed by atoms with E-state index in [2.05, 4.69) is 15.9 Å². The molecule has 1 nitrogen and oxygen atoms in total. The maximum Gasteiger partial charge on any atom is 0.123 e. The van der Waals surface area contributed by atoms with Crippen molar-refractivity contribution in [2.24, 2.45) is 0 Å². The van der Waals surface area contributed by atoms with Gasteiger partial charge in [-0.3, -0.25) is 0 Å². The molecule has 4 heteroatoms. The molecular weight excluding hydrogens is 331 g/mol. The molecule has 0 bridgehead atoms. The first kappa shape index (κ1) is 14.5. The number of hydrogen-bond acceptors (Lipinski definition) is 1. The molecule has 19 heavy (non-hydrogen) atoms. The van der Waals surface area contributed by atoms with Crippen LogP contribution in [-0.4, -0.2) is 5.11 Å². The lowest BCUT2D eigenvalue weighted by atomic mass is 9.89. The van der Waals surface area contributed by atoms with Crippen LogP contribution in [0.15, 0.2) is 46.9 Å². The Morgan fingerprint density at radius 2 is 1.84 bits per heavy atom. The summed E-state index contributed by atoms with van der Waals surface area (Å²) in [5.41, 5.74) is 0.137. The summed E-state index contributed by atoms with van der Waals surface area (Å²) >= 11 is 9.40. The van der Waals surface area contributed by atoms with Gasteiger partial charge in [0.15, 0.2) is 0 Å². The zero-order valence-electron chi connectivity index (χ0n) is 10.3. The van der Waals surface area contributed by atoms with E-state index >= 15 is 0 Å². The molecule has 2 rings (SSSR count). The molecule has 1 atom stereocenters. The van der Waals surface area contributed by atoms with Crippen molar-refractivity contribution in [3.63, 3.8) is 0 Å². The van der Waals surface area contributed by atoms with Crippen LogP contribution in [0.3, 0.4) is 0 Å². The van der Waals surface area contributed by atoms with Gasteiger partial charge in [0.25, 0.3) is 0 Å². The van der Waals surface area contributed by atoms with Crippen LogP contribution in [0.1, 0.15) is 18.1 Å². The van der Waals surface area contributed by atoms with Gasteiger partial charge in [0.1, 0.15) is 5.82 Å². The minimum atomic E-state index is -1.22. The van der Waals surface area contributed by atoms with Crippen molar-refractivity contribution in [3.05, 3.63) is 68.9 Å². The number of rotatable bonds is 3. The third-order valence-corrected chi connectivity index (χ3v) is 3.83. The van der Waals surface area contributed by atoms with Crippen molar-refractivity contribution in [1.82, 2.24) is 0 Å². The van der Waals surface area contributed by atoms with E-state index in [4.69, 9.17) is 11.6 Å². The highest BCUT2D eigenvalue weighted by Crippen LogP contribution is 2.31. The zero-order chi connectivity index (χ0) is 14.0. The Bertz CT molecular complexity index is 581. The number of aliphatic hydroxyl groups is 1. The van der Waals surface area contributed by atoms with Crippen LogP contribution >= 0.6 is 27.5 Å². The average Bonchev–Trinajstić information content (AvgIpc) is 2.35. The first-order valence-electron chi connectivity index (χ1n) is 5.81. The van der Waals surface area contributed by atoms with Crippen LogP contribution < -0.4 is 0 Å². The third kappa shape index (κ3) is 3.56. The monoisotopic (exact) mass is 342 g/mol. The lowest BCUT2D eigenvalue weighted by molar-refractivity contribution is 0.0574. The number of benzene rings is 2. The van der Waals surface area contributed by atoms with Crippen molar-refractivity contribution in [2.45, 2.75) is 18.9 Å². The Kier molecular flexibility index (Phi) is 4.29. The molecule has 0 radical (unpaired) electrons. The molecule has 0 aliphatic heterocycles.